The van der Waals surface area contributed by atoms with Crippen molar-refractivity contribution in [3.63, 3.8) is 0 Å². The molecule has 1 unspecified atom stereocenters. The summed E-state index contributed by atoms with van der Waals surface area (Å²) in [5, 5.41) is 9.28. The molecule has 6 nitrogen and oxygen atoms in total. The van der Waals surface area contributed by atoms with E-state index >= 15 is 0 Å². The van der Waals surface area contributed by atoms with E-state index in [4.69, 9.17) is 9.94 Å². The Morgan fingerprint density at radius 3 is 2.63 bits per heavy atom. The average molecular weight is 263 g/mol. The predicted molar refractivity (Wildman–Crippen MR) is 63.5 cm³/mol. The van der Waals surface area contributed by atoms with E-state index in [-0.39, 0.29) is 25.0 Å². The molecule has 1 fully saturated rings. The molecule has 1 atom stereocenters. The molecule has 0 spiro atoms. The fraction of sp³-hybridized carbons (Fsp3) is 0.308. The molecule has 1 aromatic carbocycles. The van der Waals surface area contributed by atoms with Crippen LogP contribution in [-0.2, 0) is 14.4 Å². The summed E-state index contributed by atoms with van der Waals surface area (Å²) in [4.78, 5) is 39.9. The van der Waals surface area contributed by atoms with Gasteiger partial charge in [0.25, 0.3) is 11.8 Å². The Morgan fingerprint density at radius 2 is 2.00 bits per heavy atom. The fourth-order valence-corrected chi connectivity index (χ4v) is 1.86. The first-order valence-electron chi connectivity index (χ1n) is 5.88. The number of benzene rings is 1. The molecular formula is C13H13NO5. The number of amides is 2. The van der Waals surface area contributed by atoms with Crippen molar-refractivity contribution < 1.29 is 24.3 Å². The van der Waals surface area contributed by atoms with Crippen LogP contribution < -0.4 is 0 Å². The highest BCUT2D eigenvalue weighted by atomic mass is 16.7. The van der Waals surface area contributed by atoms with Gasteiger partial charge in [0, 0.05) is 13.0 Å². The van der Waals surface area contributed by atoms with Gasteiger partial charge in [-0.15, -0.1) is 5.06 Å². The van der Waals surface area contributed by atoms with Crippen molar-refractivity contribution in [1.82, 2.24) is 5.06 Å². The van der Waals surface area contributed by atoms with Crippen molar-refractivity contribution >= 4 is 17.8 Å². The minimum Gasteiger partial charge on any atom is -0.396 e. The number of nitrogens with zero attached hydrogens (tertiary/aromatic N) is 1. The third-order valence-corrected chi connectivity index (χ3v) is 2.86. The summed E-state index contributed by atoms with van der Waals surface area (Å²) in [7, 11) is 0. The first-order valence-corrected chi connectivity index (χ1v) is 5.88. The number of imide groups is 1. The number of rotatable bonds is 4. The number of aliphatic hydroxyl groups is 1. The monoisotopic (exact) mass is 263 g/mol. The third-order valence-electron chi connectivity index (χ3n) is 2.86. The Kier molecular flexibility index (Phi) is 3.91. The summed E-state index contributed by atoms with van der Waals surface area (Å²) in [5.74, 6) is -2.51. The van der Waals surface area contributed by atoms with Crippen LogP contribution in [0.5, 0.6) is 0 Å². The normalized spacial score (nSPS) is 18.8. The molecule has 0 aliphatic carbocycles. The zero-order valence-electron chi connectivity index (χ0n) is 10.1. The quantitative estimate of drug-likeness (QED) is 0.800. The minimum atomic E-state index is -0.757. The highest BCUT2D eigenvalue weighted by Gasteiger charge is 2.41. The van der Waals surface area contributed by atoms with Crippen molar-refractivity contribution in [2.45, 2.75) is 12.8 Å². The number of hydroxylamine groups is 2. The Bertz CT molecular complexity index is 499. The molecule has 1 aromatic rings. The van der Waals surface area contributed by atoms with Crippen LogP contribution in [0.15, 0.2) is 30.3 Å². The van der Waals surface area contributed by atoms with E-state index in [2.05, 4.69) is 0 Å². The molecule has 6 heteroatoms. The maximum Gasteiger partial charge on any atom is 0.363 e. The fourth-order valence-electron chi connectivity index (χ4n) is 1.86. The van der Waals surface area contributed by atoms with Gasteiger partial charge >= 0.3 is 5.97 Å². The topological polar surface area (TPSA) is 83.9 Å². The van der Waals surface area contributed by atoms with Gasteiger partial charge in [-0.05, 0) is 18.6 Å². The molecular weight excluding hydrogens is 250 g/mol. The molecule has 19 heavy (non-hydrogen) atoms. The molecule has 0 aromatic heterocycles. The molecule has 0 saturated carbocycles. The van der Waals surface area contributed by atoms with Gasteiger partial charge in [-0.1, -0.05) is 18.2 Å². The van der Waals surface area contributed by atoms with Gasteiger partial charge in [-0.25, -0.2) is 4.79 Å². The van der Waals surface area contributed by atoms with E-state index in [9.17, 15) is 14.4 Å². The van der Waals surface area contributed by atoms with Crippen LogP contribution in [0.3, 0.4) is 0 Å². The minimum absolute atomic E-state index is 0.0402. The van der Waals surface area contributed by atoms with Gasteiger partial charge in [0.15, 0.2) is 0 Å². The largest absolute Gasteiger partial charge is 0.396 e. The Balaban J connectivity index is 2.05. The lowest BCUT2D eigenvalue weighted by atomic mass is 10.1. The van der Waals surface area contributed by atoms with Crippen molar-refractivity contribution in [3.8, 4) is 0 Å². The van der Waals surface area contributed by atoms with E-state index in [1.165, 1.54) is 12.1 Å². The van der Waals surface area contributed by atoms with Gasteiger partial charge in [-0.2, -0.15) is 0 Å². The van der Waals surface area contributed by atoms with Crippen molar-refractivity contribution in [2.24, 2.45) is 5.92 Å². The van der Waals surface area contributed by atoms with Gasteiger partial charge in [0.2, 0.25) is 0 Å². The molecule has 1 N–H and O–H groups in total. The van der Waals surface area contributed by atoms with Crippen molar-refractivity contribution in [2.75, 3.05) is 6.61 Å². The van der Waals surface area contributed by atoms with Crippen LogP contribution in [0, 0.1) is 5.92 Å². The summed E-state index contributed by atoms with van der Waals surface area (Å²) in [6.45, 7) is -0.190. The van der Waals surface area contributed by atoms with Gasteiger partial charge < -0.3 is 9.94 Å². The maximum atomic E-state index is 11.8. The smallest absolute Gasteiger partial charge is 0.363 e. The van der Waals surface area contributed by atoms with E-state index in [0.717, 1.165) is 0 Å². The Hall–Kier alpha value is -2.21. The predicted octanol–water partition coefficient (Wildman–Crippen LogP) is 0.516. The summed E-state index contributed by atoms with van der Waals surface area (Å²) >= 11 is 0. The molecule has 1 saturated heterocycles. The summed E-state index contributed by atoms with van der Waals surface area (Å²) in [6.07, 6.45) is 0.144. The van der Waals surface area contributed by atoms with Crippen LogP contribution >= 0.6 is 0 Å². The summed E-state index contributed by atoms with van der Waals surface area (Å²) < 4.78 is 0. The lowest BCUT2D eigenvalue weighted by molar-refractivity contribution is -0.173. The number of aliphatic hydroxyl groups excluding tert-OH is 1. The van der Waals surface area contributed by atoms with E-state index in [1.807, 2.05) is 0 Å². The average Bonchev–Trinajstić information content (AvgIpc) is 2.68. The highest BCUT2D eigenvalue weighted by Crippen LogP contribution is 2.23. The van der Waals surface area contributed by atoms with Gasteiger partial charge in [-0.3, -0.25) is 9.59 Å². The molecule has 0 radical (unpaired) electrons. The highest BCUT2D eigenvalue weighted by molar-refractivity contribution is 6.04. The van der Waals surface area contributed by atoms with Crippen LogP contribution in [-0.4, -0.2) is 34.6 Å². The second-order valence-corrected chi connectivity index (χ2v) is 4.18. The number of hydrogen-bond acceptors (Lipinski definition) is 5. The number of carbonyl (C=O) groups is 3. The number of carbonyl (C=O) groups excluding carboxylic acids is 3. The maximum absolute atomic E-state index is 11.8. The molecule has 2 rings (SSSR count). The molecule has 2 amide bonds. The first kappa shape index (κ1) is 13.2. The molecule has 0 bridgehead atoms. The van der Waals surface area contributed by atoms with Crippen LogP contribution in [0.1, 0.15) is 23.2 Å². The Labute approximate surface area is 109 Å². The molecule has 100 valence electrons. The summed E-state index contributed by atoms with van der Waals surface area (Å²) in [5.41, 5.74) is 0.258. The first-order chi connectivity index (χ1) is 9.13. The van der Waals surface area contributed by atoms with Crippen molar-refractivity contribution in [3.05, 3.63) is 35.9 Å². The van der Waals surface area contributed by atoms with E-state index < -0.39 is 23.7 Å². The van der Waals surface area contributed by atoms with Gasteiger partial charge in [0.1, 0.15) is 0 Å². The van der Waals surface area contributed by atoms with Crippen LogP contribution in [0.25, 0.3) is 0 Å². The lowest BCUT2D eigenvalue weighted by Crippen LogP contribution is -2.33. The molecule has 1 aliphatic rings. The van der Waals surface area contributed by atoms with Crippen LogP contribution in [0.4, 0.5) is 0 Å². The molecule has 1 aliphatic heterocycles. The summed E-state index contributed by atoms with van der Waals surface area (Å²) in [6, 6.07) is 8.09. The van der Waals surface area contributed by atoms with Crippen LogP contribution in [0.2, 0.25) is 0 Å². The Morgan fingerprint density at radius 1 is 1.32 bits per heavy atom. The standard InChI is InChI=1S/C13H13NO5/c15-7-6-10-8-11(16)14(12(10)17)19-13(18)9-4-2-1-3-5-9/h1-5,10,15H,6-8H2. The second kappa shape index (κ2) is 5.62. The third kappa shape index (κ3) is 2.79. The lowest BCUT2D eigenvalue weighted by Gasteiger charge is -2.13. The van der Waals surface area contributed by atoms with Crippen molar-refractivity contribution in [1.29, 1.82) is 0 Å². The SMILES string of the molecule is O=C(ON1C(=O)CC(CCO)C1=O)c1ccccc1. The molecule has 1 heterocycles. The number of hydrogen-bond donors (Lipinski definition) is 1. The van der Waals surface area contributed by atoms with E-state index in [1.54, 1.807) is 18.2 Å². The zero-order valence-corrected chi connectivity index (χ0v) is 10.1. The van der Waals surface area contributed by atoms with Gasteiger partial charge in [0.05, 0.1) is 11.5 Å². The zero-order chi connectivity index (χ0) is 13.8. The second-order valence-electron chi connectivity index (χ2n) is 4.18. The van der Waals surface area contributed by atoms with E-state index in [0.29, 0.717) is 5.06 Å².